The van der Waals surface area contributed by atoms with Crippen molar-refractivity contribution < 1.29 is 13.2 Å². The van der Waals surface area contributed by atoms with Gasteiger partial charge in [0.1, 0.15) is 0 Å². The van der Waals surface area contributed by atoms with E-state index in [-0.39, 0.29) is 11.9 Å². The predicted octanol–water partition coefficient (Wildman–Crippen LogP) is 1.89. The van der Waals surface area contributed by atoms with Gasteiger partial charge in [-0.15, -0.1) is 0 Å². The molecule has 0 bridgehead atoms. The molecule has 0 N–H and O–H groups in total. The van der Waals surface area contributed by atoms with E-state index in [9.17, 15) is 13.2 Å². The third-order valence-corrected chi connectivity index (χ3v) is 9.00. The Hall–Kier alpha value is -2.16. The number of fused-ring (bicyclic) bond motifs is 2. The average Bonchev–Trinajstić information content (AvgIpc) is 3.44. The van der Waals surface area contributed by atoms with Crippen LogP contribution in [-0.2, 0) is 34.2 Å². The van der Waals surface area contributed by atoms with Gasteiger partial charge in [-0.1, -0.05) is 6.07 Å². The van der Waals surface area contributed by atoms with Crippen LogP contribution in [0.25, 0.3) is 0 Å². The van der Waals surface area contributed by atoms with Crippen molar-refractivity contribution in [1.82, 2.24) is 18.7 Å². The summed E-state index contributed by atoms with van der Waals surface area (Å²) >= 11 is 0. The Labute approximate surface area is 184 Å². The van der Waals surface area contributed by atoms with Gasteiger partial charge in [0.05, 0.1) is 11.4 Å². The Balaban J connectivity index is 1.20. The molecule has 1 aromatic heterocycles. The first kappa shape index (κ1) is 20.7. The monoisotopic (exact) mass is 442 g/mol. The third kappa shape index (κ3) is 3.81. The summed E-state index contributed by atoms with van der Waals surface area (Å²) in [5, 5.41) is 0. The second-order valence-electron chi connectivity index (χ2n) is 8.84. The van der Waals surface area contributed by atoms with Gasteiger partial charge in [0.15, 0.2) is 0 Å². The molecule has 1 unspecified atom stereocenters. The van der Waals surface area contributed by atoms with Crippen LogP contribution in [0, 0.1) is 0 Å². The van der Waals surface area contributed by atoms with Gasteiger partial charge in [0, 0.05) is 57.2 Å². The first-order chi connectivity index (χ1) is 14.9. The molecule has 1 fully saturated rings. The van der Waals surface area contributed by atoms with Crippen molar-refractivity contribution in [1.29, 1.82) is 0 Å². The molecule has 1 aliphatic carbocycles. The Morgan fingerprint density at radius 2 is 1.77 bits per heavy atom. The summed E-state index contributed by atoms with van der Waals surface area (Å²) in [6, 6.07) is 9.93. The van der Waals surface area contributed by atoms with Crippen molar-refractivity contribution in [2.24, 2.45) is 0 Å². The molecule has 3 heterocycles. The molecule has 1 aromatic carbocycles. The molecular weight excluding hydrogens is 412 g/mol. The summed E-state index contributed by atoms with van der Waals surface area (Å²) in [6.45, 7) is 5.85. The molecule has 8 heteroatoms. The van der Waals surface area contributed by atoms with Gasteiger partial charge < -0.3 is 9.47 Å². The van der Waals surface area contributed by atoms with Crippen molar-refractivity contribution in [3.63, 3.8) is 0 Å². The molecule has 1 saturated heterocycles. The van der Waals surface area contributed by atoms with Gasteiger partial charge in [-0.25, -0.2) is 8.42 Å². The maximum Gasteiger partial charge on any atom is 0.243 e. The summed E-state index contributed by atoms with van der Waals surface area (Å²) in [7, 11) is -3.51. The molecule has 31 heavy (non-hydrogen) atoms. The maximum absolute atomic E-state index is 13.1. The Kier molecular flexibility index (Phi) is 5.40. The van der Waals surface area contributed by atoms with E-state index in [4.69, 9.17) is 0 Å². The molecule has 5 rings (SSSR count). The molecule has 2 aliphatic heterocycles. The summed E-state index contributed by atoms with van der Waals surface area (Å²) in [6.07, 6.45) is 5.19. The van der Waals surface area contributed by atoms with E-state index in [1.807, 2.05) is 17.0 Å². The fourth-order valence-corrected chi connectivity index (χ4v) is 6.63. The molecule has 7 nitrogen and oxygen atoms in total. The van der Waals surface area contributed by atoms with Crippen molar-refractivity contribution >= 4 is 15.9 Å². The van der Waals surface area contributed by atoms with Gasteiger partial charge in [0.25, 0.3) is 0 Å². The minimum absolute atomic E-state index is 0.0847. The van der Waals surface area contributed by atoms with Gasteiger partial charge in [-0.2, -0.15) is 4.31 Å². The van der Waals surface area contributed by atoms with Gasteiger partial charge in [0.2, 0.25) is 15.9 Å². The van der Waals surface area contributed by atoms with Gasteiger partial charge in [-0.3, -0.25) is 9.69 Å². The Bertz CT molecular complexity index is 1090. The molecule has 166 valence electrons. The highest BCUT2D eigenvalue weighted by atomic mass is 32.2. The number of carbonyl (C=O) groups is 1. The number of hydrogen-bond donors (Lipinski definition) is 0. The lowest BCUT2D eigenvalue weighted by atomic mass is 10.1. The van der Waals surface area contributed by atoms with Crippen LogP contribution in [0.15, 0.2) is 41.4 Å². The second-order valence-corrected chi connectivity index (χ2v) is 10.8. The van der Waals surface area contributed by atoms with Crippen molar-refractivity contribution in [3.8, 4) is 0 Å². The standard InChI is InChI=1S/C23H30N4O3S/c1-18-22-6-3-9-24(22)10-11-26(18)17-23(28)25-12-14-27(15-13-25)31(29,30)21-8-7-19-4-2-5-20(19)16-21/h3,6-9,16,18H,2,4-5,10-15,17H2,1H3. The minimum Gasteiger partial charge on any atom is -0.349 e. The van der Waals surface area contributed by atoms with Crippen LogP contribution in [0.5, 0.6) is 0 Å². The lowest BCUT2D eigenvalue weighted by molar-refractivity contribution is -0.134. The highest BCUT2D eigenvalue weighted by Crippen LogP contribution is 2.27. The molecular formula is C23H30N4O3S. The smallest absolute Gasteiger partial charge is 0.243 e. The normalized spacial score (nSPS) is 22.4. The zero-order chi connectivity index (χ0) is 21.6. The summed E-state index contributed by atoms with van der Waals surface area (Å²) in [4.78, 5) is 17.3. The molecule has 0 radical (unpaired) electrons. The summed E-state index contributed by atoms with van der Waals surface area (Å²) in [5.41, 5.74) is 3.68. The van der Waals surface area contributed by atoms with Crippen LogP contribution in [0.2, 0.25) is 0 Å². The van der Waals surface area contributed by atoms with E-state index in [2.05, 4.69) is 34.7 Å². The largest absolute Gasteiger partial charge is 0.349 e. The van der Waals surface area contributed by atoms with Gasteiger partial charge in [-0.05, 0) is 61.6 Å². The topological polar surface area (TPSA) is 65.9 Å². The quantitative estimate of drug-likeness (QED) is 0.725. The highest BCUT2D eigenvalue weighted by Gasteiger charge is 2.32. The van der Waals surface area contributed by atoms with E-state index in [0.29, 0.717) is 37.6 Å². The SMILES string of the molecule is CC1c2cccn2CCN1CC(=O)N1CCN(S(=O)(=O)c2ccc3c(c2)CCC3)CC1. The number of sulfonamides is 1. The van der Waals surface area contributed by atoms with Crippen LogP contribution >= 0.6 is 0 Å². The number of hydrogen-bond acceptors (Lipinski definition) is 4. The number of aryl methyl sites for hydroxylation is 2. The molecule has 2 aromatic rings. The fourth-order valence-electron chi connectivity index (χ4n) is 5.15. The van der Waals surface area contributed by atoms with Gasteiger partial charge >= 0.3 is 0 Å². The Morgan fingerprint density at radius 3 is 2.58 bits per heavy atom. The van der Waals surface area contributed by atoms with Crippen LogP contribution in [0.3, 0.4) is 0 Å². The maximum atomic E-state index is 13.1. The first-order valence-corrected chi connectivity index (χ1v) is 12.7. The zero-order valence-electron chi connectivity index (χ0n) is 18.0. The number of aromatic nitrogens is 1. The van der Waals surface area contributed by atoms with Crippen LogP contribution in [0.1, 0.15) is 36.2 Å². The van der Waals surface area contributed by atoms with E-state index >= 15 is 0 Å². The number of carbonyl (C=O) groups excluding carboxylic acids is 1. The van der Waals surface area contributed by atoms with Crippen molar-refractivity contribution in [2.45, 2.75) is 43.7 Å². The van der Waals surface area contributed by atoms with Crippen LogP contribution < -0.4 is 0 Å². The number of benzene rings is 1. The number of piperazine rings is 1. The van der Waals surface area contributed by atoms with E-state index in [1.54, 1.807) is 6.07 Å². The lowest BCUT2D eigenvalue weighted by Gasteiger charge is -2.38. The number of amides is 1. The Morgan fingerprint density at radius 1 is 1.00 bits per heavy atom. The zero-order valence-corrected chi connectivity index (χ0v) is 18.9. The van der Waals surface area contributed by atoms with Crippen molar-refractivity contribution in [3.05, 3.63) is 53.3 Å². The first-order valence-electron chi connectivity index (χ1n) is 11.2. The minimum atomic E-state index is -3.51. The number of rotatable bonds is 4. The molecule has 1 amide bonds. The second kappa shape index (κ2) is 8.07. The molecule has 0 spiro atoms. The molecule has 1 atom stereocenters. The average molecular weight is 443 g/mol. The highest BCUT2D eigenvalue weighted by molar-refractivity contribution is 7.89. The lowest BCUT2D eigenvalue weighted by Crippen LogP contribution is -2.53. The van der Waals surface area contributed by atoms with E-state index in [0.717, 1.165) is 37.9 Å². The van der Waals surface area contributed by atoms with Crippen LogP contribution in [-0.4, -0.2) is 72.3 Å². The van der Waals surface area contributed by atoms with E-state index in [1.165, 1.54) is 15.6 Å². The van der Waals surface area contributed by atoms with Crippen LogP contribution in [0.4, 0.5) is 0 Å². The van der Waals surface area contributed by atoms with Crippen molar-refractivity contribution in [2.75, 3.05) is 39.3 Å². The third-order valence-electron chi connectivity index (χ3n) is 7.11. The summed E-state index contributed by atoms with van der Waals surface area (Å²) < 4.78 is 30.0. The fraction of sp³-hybridized carbons (Fsp3) is 0.522. The predicted molar refractivity (Wildman–Crippen MR) is 118 cm³/mol. The molecule has 3 aliphatic rings. The summed E-state index contributed by atoms with van der Waals surface area (Å²) in [5.74, 6) is 0.0847. The molecule has 0 saturated carbocycles. The number of nitrogens with zero attached hydrogens (tertiary/aromatic N) is 4. The van der Waals surface area contributed by atoms with E-state index < -0.39 is 10.0 Å².